The molecule has 1 rings (SSSR count). The second kappa shape index (κ2) is 4.94. The summed E-state index contributed by atoms with van der Waals surface area (Å²) in [6, 6.07) is 0. The summed E-state index contributed by atoms with van der Waals surface area (Å²) in [5.41, 5.74) is 1.86. The van der Waals surface area contributed by atoms with Gasteiger partial charge < -0.3 is 5.32 Å². The topological polar surface area (TPSA) is 29.9 Å². The molecule has 1 N–H and O–H groups in total. The van der Waals surface area contributed by atoms with Crippen LogP contribution in [0.2, 0.25) is 5.15 Å². The Morgan fingerprint density at radius 3 is 2.44 bits per heavy atom. The van der Waals surface area contributed by atoms with Gasteiger partial charge in [-0.1, -0.05) is 11.6 Å². The Kier molecular flexibility index (Phi) is 4.27. The molecule has 3 nitrogen and oxygen atoms in total. The Labute approximate surface area is 107 Å². The van der Waals surface area contributed by atoms with Gasteiger partial charge in [0.25, 0.3) is 0 Å². The van der Waals surface area contributed by atoms with Crippen LogP contribution in [0.1, 0.15) is 32.0 Å². The van der Waals surface area contributed by atoms with E-state index in [4.69, 9.17) is 23.2 Å². The fourth-order valence-electron chi connectivity index (χ4n) is 1.33. The number of nitrogens with zero attached hydrogens (tertiary/aromatic N) is 2. The highest BCUT2D eigenvalue weighted by Crippen LogP contribution is 2.21. The van der Waals surface area contributed by atoms with E-state index in [-0.39, 0.29) is 10.9 Å². The van der Waals surface area contributed by atoms with Crippen LogP contribution in [0.15, 0.2) is 0 Å². The Hall–Kier alpha value is -0.250. The van der Waals surface area contributed by atoms with Crippen LogP contribution in [-0.4, -0.2) is 20.7 Å². The van der Waals surface area contributed by atoms with Crippen LogP contribution in [0.4, 0.5) is 0 Å². The van der Waals surface area contributed by atoms with Gasteiger partial charge in [0.1, 0.15) is 5.15 Å². The Balaban J connectivity index is 2.75. The van der Waals surface area contributed by atoms with Crippen LogP contribution in [0.3, 0.4) is 0 Å². The SMILES string of the molecule is Cc1nn(C)c(Cl)c1CNC(C)(C)C(C)Cl. The Bertz CT molecular complexity index is 370. The van der Waals surface area contributed by atoms with Crippen LogP contribution >= 0.6 is 23.2 Å². The normalized spacial score (nSPS) is 14.2. The Morgan fingerprint density at radius 1 is 1.50 bits per heavy atom. The molecule has 16 heavy (non-hydrogen) atoms. The van der Waals surface area contributed by atoms with Gasteiger partial charge in [-0.05, 0) is 27.7 Å². The molecule has 0 aliphatic carbocycles. The molecule has 0 spiro atoms. The summed E-state index contributed by atoms with van der Waals surface area (Å²) in [6.07, 6.45) is 0. The van der Waals surface area contributed by atoms with Gasteiger partial charge in [-0.25, -0.2) is 0 Å². The van der Waals surface area contributed by atoms with Gasteiger partial charge in [0, 0.05) is 30.1 Å². The van der Waals surface area contributed by atoms with Crippen LogP contribution in [0.5, 0.6) is 0 Å². The van der Waals surface area contributed by atoms with E-state index in [2.05, 4.69) is 24.3 Å². The first-order valence-electron chi connectivity index (χ1n) is 5.32. The third-order valence-electron chi connectivity index (χ3n) is 2.99. The van der Waals surface area contributed by atoms with Crippen LogP contribution < -0.4 is 5.32 Å². The number of aryl methyl sites for hydroxylation is 2. The lowest BCUT2D eigenvalue weighted by Crippen LogP contribution is -2.45. The molecule has 1 aromatic heterocycles. The number of halogens is 2. The highest BCUT2D eigenvalue weighted by Gasteiger charge is 2.24. The molecule has 1 heterocycles. The standard InChI is InChI=1S/C11H19Cl2N3/c1-7-9(10(13)16(5)15-7)6-14-11(3,4)8(2)12/h8,14H,6H2,1-5H3. The van der Waals surface area contributed by atoms with Crippen molar-refractivity contribution in [2.24, 2.45) is 7.05 Å². The number of rotatable bonds is 4. The van der Waals surface area contributed by atoms with Crippen molar-refractivity contribution < 1.29 is 0 Å². The maximum atomic E-state index is 6.15. The minimum atomic E-state index is -0.132. The zero-order valence-corrected chi connectivity index (χ0v) is 11.9. The average molecular weight is 264 g/mol. The van der Waals surface area contributed by atoms with E-state index in [0.29, 0.717) is 11.7 Å². The first kappa shape index (κ1) is 13.8. The highest BCUT2D eigenvalue weighted by molar-refractivity contribution is 6.30. The summed E-state index contributed by atoms with van der Waals surface area (Å²) < 4.78 is 1.69. The van der Waals surface area contributed by atoms with Gasteiger partial charge >= 0.3 is 0 Å². The van der Waals surface area contributed by atoms with Crippen molar-refractivity contribution in [1.82, 2.24) is 15.1 Å². The molecule has 0 aromatic carbocycles. The quantitative estimate of drug-likeness (QED) is 0.847. The molecule has 1 aromatic rings. The average Bonchev–Trinajstić information content (AvgIpc) is 2.39. The third kappa shape index (κ3) is 2.90. The zero-order chi connectivity index (χ0) is 12.5. The van der Waals surface area contributed by atoms with E-state index >= 15 is 0 Å². The van der Waals surface area contributed by atoms with E-state index in [0.717, 1.165) is 11.3 Å². The van der Waals surface area contributed by atoms with Crippen molar-refractivity contribution >= 4 is 23.2 Å². The van der Waals surface area contributed by atoms with E-state index in [1.54, 1.807) is 4.68 Å². The second-order valence-corrected chi connectivity index (χ2v) is 5.68. The fraction of sp³-hybridized carbons (Fsp3) is 0.727. The molecule has 0 radical (unpaired) electrons. The molecule has 5 heteroatoms. The molecule has 92 valence electrons. The Morgan fingerprint density at radius 2 is 2.06 bits per heavy atom. The summed E-state index contributed by atoms with van der Waals surface area (Å²) in [7, 11) is 1.84. The molecule has 0 amide bonds. The van der Waals surface area contributed by atoms with Gasteiger partial charge in [-0.2, -0.15) is 5.10 Å². The minimum absolute atomic E-state index is 0.0447. The molecule has 1 atom stereocenters. The molecule has 0 saturated carbocycles. The van der Waals surface area contributed by atoms with Crippen LogP contribution in [-0.2, 0) is 13.6 Å². The van der Waals surface area contributed by atoms with Gasteiger partial charge in [0.2, 0.25) is 0 Å². The number of nitrogens with one attached hydrogen (secondary N) is 1. The van der Waals surface area contributed by atoms with Crippen LogP contribution in [0, 0.1) is 6.92 Å². The monoisotopic (exact) mass is 263 g/mol. The smallest absolute Gasteiger partial charge is 0.131 e. The van der Waals surface area contributed by atoms with Crippen molar-refractivity contribution in [1.29, 1.82) is 0 Å². The van der Waals surface area contributed by atoms with Gasteiger partial charge in [-0.3, -0.25) is 4.68 Å². The van der Waals surface area contributed by atoms with Gasteiger partial charge in [0.05, 0.1) is 5.69 Å². The lowest BCUT2D eigenvalue weighted by atomic mass is 10.0. The van der Waals surface area contributed by atoms with E-state index in [1.165, 1.54) is 0 Å². The molecular weight excluding hydrogens is 245 g/mol. The van der Waals surface area contributed by atoms with Gasteiger partial charge in [0.15, 0.2) is 0 Å². The highest BCUT2D eigenvalue weighted by atomic mass is 35.5. The second-order valence-electron chi connectivity index (χ2n) is 4.67. The molecule has 0 fully saturated rings. The first-order valence-corrected chi connectivity index (χ1v) is 6.14. The molecule has 0 aliphatic heterocycles. The molecular formula is C11H19Cl2N3. The first-order chi connectivity index (χ1) is 7.25. The summed E-state index contributed by atoms with van der Waals surface area (Å²) in [5.74, 6) is 0. The summed E-state index contributed by atoms with van der Waals surface area (Å²) in [5, 5.41) is 8.40. The lowest BCUT2D eigenvalue weighted by molar-refractivity contribution is 0.380. The number of hydrogen-bond acceptors (Lipinski definition) is 2. The van der Waals surface area contributed by atoms with E-state index in [1.807, 2.05) is 20.9 Å². The predicted molar refractivity (Wildman–Crippen MR) is 69.2 cm³/mol. The zero-order valence-electron chi connectivity index (χ0n) is 10.4. The molecule has 0 aliphatic rings. The summed E-state index contributed by atoms with van der Waals surface area (Å²) >= 11 is 12.3. The number of aromatic nitrogens is 2. The molecule has 1 unspecified atom stereocenters. The minimum Gasteiger partial charge on any atom is -0.306 e. The van der Waals surface area contributed by atoms with Crippen molar-refractivity contribution in [3.05, 3.63) is 16.4 Å². The maximum Gasteiger partial charge on any atom is 0.131 e. The van der Waals surface area contributed by atoms with Gasteiger partial charge in [-0.15, -0.1) is 11.6 Å². The van der Waals surface area contributed by atoms with E-state index < -0.39 is 0 Å². The lowest BCUT2D eigenvalue weighted by Gasteiger charge is -2.29. The predicted octanol–water partition coefficient (Wildman–Crippen LogP) is 2.88. The van der Waals surface area contributed by atoms with Crippen molar-refractivity contribution in [3.63, 3.8) is 0 Å². The molecule has 0 bridgehead atoms. The van der Waals surface area contributed by atoms with Crippen LogP contribution in [0.25, 0.3) is 0 Å². The van der Waals surface area contributed by atoms with Crippen molar-refractivity contribution in [2.45, 2.75) is 45.2 Å². The molecule has 0 saturated heterocycles. The van der Waals surface area contributed by atoms with E-state index in [9.17, 15) is 0 Å². The number of hydrogen-bond donors (Lipinski definition) is 1. The summed E-state index contributed by atoms with van der Waals surface area (Å²) in [4.78, 5) is 0. The van der Waals surface area contributed by atoms with Crippen molar-refractivity contribution in [2.75, 3.05) is 0 Å². The summed E-state index contributed by atoms with van der Waals surface area (Å²) in [6.45, 7) is 8.77. The largest absolute Gasteiger partial charge is 0.306 e. The van der Waals surface area contributed by atoms with Crippen molar-refractivity contribution in [3.8, 4) is 0 Å². The maximum absolute atomic E-state index is 6.15. The number of alkyl halides is 1. The third-order valence-corrected chi connectivity index (χ3v) is 4.00. The fourth-order valence-corrected chi connectivity index (χ4v) is 1.65.